The molecule has 10 heavy (non-hydrogen) atoms. The lowest BCUT2D eigenvalue weighted by Crippen LogP contribution is -2.42. The zero-order valence-electron chi connectivity index (χ0n) is 6.31. The van der Waals surface area contributed by atoms with Crippen LogP contribution in [-0.4, -0.2) is 17.0 Å². The first kappa shape index (κ1) is 7.81. The molecule has 0 aliphatic carbocycles. The Labute approximate surface area is 67.0 Å². The third-order valence-electron chi connectivity index (χ3n) is 1.97. The van der Waals surface area contributed by atoms with Gasteiger partial charge < -0.3 is 5.32 Å². The Morgan fingerprint density at radius 3 is 2.60 bits per heavy atom. The van der Waals surface area contributed by atoms with E-state index in [0.29, 0.717) is 0 Å². The fourth-order valence-electron chi connectivity index (χ4n) is 1.12. The van der Waals surface area contributed by atoms with Crippen molar-refractivity contribution in [2.75, 3.05) is 11.5 Å². The van der Waals surface area contributed by atoms with Crippen LogP contribution in [0.15, 0.2) is 0 Å². The van der Waals surface area contributed by atoms with Gasteiger partial charge in [0.25, 0.3) is 0 Å². The van der Waals surface area contributed by atoms with Gasteiger partial charge in [-0.1, -0.05) is 6.42 Å². The molecule has 1 fully saturated rings. The summed E-state index contributed by atoms with van der Waals surface area (Å²) in [6.45, 7) is 2.20. The molecule has 0 atom stereocenters. The number of thioether (sulfide) groups is 1. The van der Waals surface area contributed by atoms with Crippen molar-refractivity contribution in [1.29, 1.82) is 0 Å². The van der Waals surface area contributed by atoms with Crippen LogP contribution < -0.4 is 5.32 Å². The van der Waals surface area contributed by atoms with Crippen molar-refractivity contribution >= 4 is 11.8 Å². The molecule has 0 amide bonds. The maximum absolute atomic E-state index is 5.18. The van der Waals surface area contributed by atoms with Crippen LogP contribution in [0.3, 0.4) is 0 Å². The highest BCUT2D eigenvalue weighted by Crippen LogP contribution is 2.25. The van der Waals surface area contributed by atoms with Gasteiger partial charge in [-0.15, -0.1) is 0 Å². The SMILES string of the molecule is C#CNC1(C)CCSCC1. The Hall–Kier alpha value is -0.290. The van der Waals surface area contributed by atoms with Crippen LogP contribution in [0.25, 0.3) is 0 Å². The largest absolute Gasteiger partial charge is 0.340 e. The quantitative estimate of drug-likeness (QED) is 0.454. The summed E-state index contributed by atoms with van der Waals surface area (Å²) in [4.78, 5) is 0. The zero-order valence-corrected chi connectivity index (χ0v) is 7.13. The molecule has 1 N–H and O–H groups in total. The summed E-state index contributed by atoms with van der Waals surface area (Å²) in [5.74, 6) is 2.48. The highest BCUT2D eigenvalue weighted by molar-refractivity contribution is 7.99. The number of rotatable bonds is 1. The minimum atomic E-state index is 0.222. The Kier molecular flexibility index (Phi) is 2.50. The molecule has 0 aromatic rings. The van der Waals surface area contributed by atoms with Crippen LogP contribution >= 0.6 is 11.8 Å². The summed E-state index contributed by atoms with van der Waals surface area (Å²) < 4.78 is 0. The number of hydrogen-bond acceptors (Lipinski definition) is 2. The smallest absolute Gasteiger partial charge is 0.0437 e. The Bertz CT molecular complexity index is 142. The van der Waals surface area contributed by atoms with E-state index < -0.39 is 0 Å². The molecular weight excluding hydrogens is 142 g/mol. The minimum absolute atomic E-state index is 0.222. The van der Waals surface area contributed by atoms with E-state index in [1.807, 2.05) is 11.8 Å². The molecule has 1 heterocycles. The van der Waals surface area contributed by atoms with Crippen molar-refractivity contribution in [2.45, 2.75) is 25.3 Å². The predicted octanol–water partition coefficient (Wildman–Crippen LogP) is 1.45. The van der Waals surface area contributed by atoms with Gasteiger partial charge in [0.1, 0.15) is 0 Å². The topological polar surface area (TPSA) is 12.0 Å². The van der Waals surface area contributed by atoms with Crippen molar-refractivity contribution in [1.82, 2.24) is 5.32 Å². The number of hydrogen-bond donors (Lipinski definition) is 1. The lowest BCUT2D eigenvalue weighted by atomic mass is 9.95. The van der Waals surface area contributed by atoms with Gasteiger partial charge in [0.05, 0.1) is 0 Å². The molecule has 0 aromatic heterocycles. The number of terminal acetylenes is 1. The molecule has 1 rings (SSSR count). The molecule has 0 spiro atoms. The van der Waals surface area contributed by atoms with E-state index in [0.717, 1.165) is 0 Å². The Morgan fingerprint density at radius 1 is 1.50 bits per heavy atom. The first-order valence-corrected chi connectivity index (χ1v) is 4.73. The normalized spacial score (nSPS) is 23.2. The van der Waals surface area contributed by atoms with Crippen LogP contribution in [0.1, 0.15) is 19.8 Å². The summed E-state index contributed by atoms with van der Waals surface area (Å²) in [5.41, 5.74) is 0.222. The standard InChI is InChI=1S/C8H13NS/c1-3-9-8(2)4-6-10-7-5-8/h1,9H,4-7H2,2H3. The van der Waals surface area contributed by atoms with Gasteiger partial charge in [0.15, 0.2) is 0 Å². The molecule has 0 saturated carbocycles. The molecule has 2 heteroatoms. The fourth-order valence-corrected chi connectivity index (χ4v) is 2.52. The molecule has 0 bridgehead atoms. The lowest BCUT2D eigenvalue weighted by molar-refractivity contribution is 0.381. The summed E-state index contributed by atoms with van der Waals surface area (Å²) >= 11 is 2.01. The third-order valence-corrected chi connectivity index (χ3v) is 2.96. The van der Waals surface area contributed by atoms with E-state index in [2.05, 4.69) is 18.3 Å². The maximum atomic E-state index is 5.18. The predicted molar refractivity (Wildman–Crippen MR) is 46.9 cm³/mol. The second kappa shape index (κ2) is 3.21. The van der Waals surface area contributed by atoms with Crippen molar-refractivity contribution < 1.29 is 0 Å². The van der Waals surface area contributed by atoms with Crippen LogP contribution in [0.4, 0.5) is 0 Å². The van der Waals surface area contributed by atoms with Crippen molar-refractivity contribution in [3.8, 4) is 12.5 Å². The van der Waals surface area contributed by atoms with E-state index in [-0.39, 0.29) is 5.54 Å². The van der Waals surface area contributed by atoms with Crippen LogP contribution in [-0.2, 0) is 0 Å². The van der Waals surface area contributed by atoms with Gasteiger partial charge in [0, 0.05) is 11.6 Å². The lowest BCUT2D eigenvalue weighted by Gasteiger charge is -2.32. The Balaban J connectivity index is 2.42. The van der Waals surface area contributed by atoms with E-state index in [9.17, 15) is 0 Å². The molecule has 0 radical (unpaired) electrons. The first-order valence-electron chi connectivity index (χ1n) is 3.57. The molecule has 1 aliphatic rings. The summed E-state index contributed by atoms with van der Waals surface area (Å²) in [7, 11) is 0. The monoisotopic (exact) mass is 155 g/mol. The van der Waals surface area contributed by atoms with Gasteiger partial charge in [-0.2, -0.15) is 11.8 Å². The van der Waals surface area contributed by atoms with Crippen molar-refractivity contribution in [3.63, 3.8) is 0 Å². The second-order valence-corrected chi connectivity index (χ2v) is 4.17. The van der Waals surface area contributed by atoms with E-state index in [1.54, 1.807) is 0 Å². The van der Waals surface area contributed by atoms with Gasteiger partial charge >= 0.3 is 0 Å². The number of nitrogens with one attached hydrogen (secondary N) is 1. The highest BCUT2D eigenvalue weighted by atomic mass is 32.2. The van der Waals surface area contributed by atoms with Crippen molar-refractivity contribution in [3.05, 3.63) is 0 Å². The summed E-state index contributed by atoms with van der Waals surface area (Å²) in [5, 5.41) is 3.08. The molecule has 56 valence electrons. The third kappa shape index (κ3) is 1.85. The molecule has 1 aliphatic heterocycles. The van der Waals surface area contributed by atoms with Gasteiger partial charge in [0.2, 0.25) is 0 Å². The van der Waals surface area contributed by atoms with Crippen LogP contribution in [0.2, 0.25) is 0 Å². The Morgan fingerprint density at radius 2 is 2.10 bits per heavy atom. The molecular formula is C8H13NS. The van der Waals surface area contributed by atoms with Crippen LogP contribution in [0, 0.1) is 12.5 Å². The zero-order chi connectivity index (χ0) is 7.45. The molecule has 1 nitrogen and oxygen atoms in total. The molecule has 0 aromatic carbocycles. The van der Waals surface area contributed by atoms with E-state index in [4.69, 9.17) is 6.42 Å². The molecule has 0 unspecified atom stereocenters. The average Bonchev–Trinajstić information content (AvgIpc) is 1.89. The summed E-state index contributed by atoms with van der Waals surface area (Å²) in [6, 6.07) is 2.52. The molecule has 1 saturated heterocycles. The fraction of sp³-hybridized carbons (Fsp3) is 0.750. The van der Waals surface area contributed by atoms with Crippen LogP contribution in [0.5, 0.6) is 0 Å². The second-order valence-electron chi connectivity index (χ2n) is 2.94. The summed E-state index contributed by atoms with van der Waals surface area (Å²) in [6.07, 6.45) is 7.57. The highest BCUT2D eigenvalue weighted by Gasteiger charge is 2.25. The van der Waals surface area contributed by atoms with E-state index >= 15 is 0 Å². The van der Waals surface area contributed by atoms with Crippen molar-refractivity contribution in [2.24, 2.45) is 0 Å². The van der Waals surface area contributed by atoms with Gasteiger partial charge in [-0.25, -0.2) is 0 Å². The van der Waals surface area contributed by atoms with Gasteiger partial charge in [-0.3, -0.25) is 0 Å². The average molecular weight is 155 g/mol. The maximum Gasteiger partial charge on any atom is 0.0437 e. The van der Waals surface area contributed by atoms with Gasteiger partial charge in [-0.05, 0) is 31.3 Å². The first-order chi connectivity index (χ1) is 4.77. The minimum Gasteiger partial charge on any atom is -0.340 e. The van der Waals surface area contributed by atoms with E-state index in [1.165, 1.54) is 24.3 Å².